The second kappa shape index (κ2) is 11.9. The largest absolute Gasteiger partial charge is 0.507 e. The zero-order chi connectivity index (χ0) is 28.1. The van der Waals surface area contributed by atoms with Gasteiger partial charge in [-0.1, -0.05) is 48.0 Å². The minimum atomic E-state index is -0.784. The van der Waals surface area contributed by atoms with Gasteiger partial charge in [-0.25, -0.2) is 0 Å². The summed E-state index contributed by atoms with van der Waals surface area (Å²) in [6, 6.07) is 25.0. The standard InChI is InChI=1S/C33H30N2O5/c1-3-39-27-13-9-25(10-14-27)30-29(32(37)33(38)35(30)20-24-8-5-17-34-19-24)31(36)26-11-15-28(16-12-26)40-21-23-7-4-6-22(2)18-23/h4-19,30,36H,3,20-21H2,1-2H3/b31-29+/t30-/m0/s1. The summed E-state index contributed by atoms with van der Waals surface area (Å²) in [5, 5.41) is 11.4. The Balaban J connectivity index is 1.47. The summed E-state index contributed by atoms with van der Waals surface area (Å²) in [5.41, 5.74) is 4.12. The highest BCUT2D eigenvalue weighted by Crippen LogP contribution is 2.40. The molecule has 1 aromatic heterocycles. The minimum absolute atomic E-state index is 0.0338. The van der Waals surface area contributed by atoms with Crippen LogP contribution in [-0.4, -0.2) is 33.3 Å². The fourth-order valence-corrected chi connectivity index (χ4v) is 4.82. The van der Waals surface area contributed by atoms with Crippen LogP contribution in [0.15, 0.2) is 103 Å². The Morgan fingerprint density at radius 3 is 2.27 bits per heavy atom. The van der Waals surface area contributed by atoms with Crippen LogP contribution in [0.25, 0.3) is 5.76 Å². The number of aliphatic hydroxyl groups is 1. The number of aliphatic hydroxyl groups excluding tert-OH is 1. The number of likely N-dealkylation sites (tertiary alicyclic amines) is 1. The molecule has 1 atom stereocenters. The number of aryl methyl sites for hydroxylation is 1. The summed E-state index contributed by atoms with van der Waals surface area (Å²) in [6.45, 7) is 5.02. The predicted molar refractivity (Wildman–Crippen MR) is 152 cm³/mol. The van der Waals surface area contributed by atoms with Crippen molar-refractivity contribution in [2.75, 3.05) is 6.61 Å². The maximum Gasteiger partial charge on any atom is 0.295 e. The summed E-state index contributed by atoms with van der Waals surface area (Å²) >= 11 is 0. The number of carbonyl (C=O) groups excluding carboxylic acids is 2. The Morgan fingerprint density at radius 1 is 0.900 bits per heavy atom. The number of ketones is 1. The van der Waals surface area contributed by atoms with Gasteiger partial charge < -0.3 is 19.5 Å². The molecular formula is C33H30N2O5. The van der Waals surface area contributed by atoms with E-state index in [4.69, 9.17) is 9.47 Å². The normalized spacial score (nSPS) is 16.2. The molecule has 0 radical (unpaired) electrons. The second-order valence-electron chi connectivity index (χ2n) is 9.59. The molecule has 40 heavy (non-hydrogen) atoms. The number of nitrogens with zero attached hydrogens (tertiary/aromatic N) is 2. The molecule has 7 heteroatoms. The lowest BCUT2D eigenvalue weighted by molar-refractivity contribution is -0.140. The molecule has 1 saturated heterocycles. The molecule has 4 aromatic rings. The van der Waals surface area contributed by atoms with Crippen LogP contribution >= 0.6 is 0 Å². The van der Waals surface area contributed by atoms with Crippen molar-refractivity contribution in [3.63, 3.8) is 0 Å². The first kappa shape index (κ1) is 26.7. The third-order valence-corrected chi connectivity index (χ3v) is 6.74. The number of hydrogen-bond donors (Lipinski definition) is 1. The molecule has 202 valence electrons. The van der Waals surface area contributed by atoms with Crippen molar-refractivity contribution >= 4 is 17.4 Å². The molecule has 1 aliphatic rings. The molecule has 0 saturated carbocycles. The van der Waals surface area contributed by atoms with Gasteiger partial charge in [-0.05, 0) is 73.0 Å². The predicted octanol–water partition coefficient (Wildman–Crippen LogP) is 5.99. The number of pyridine rings is 1. The molecule has 3 aromatic carbocycles. The molecule has 1 N–H and O–H groups in total. The van der Waals surface area contributed by atoms with Crippen molar-refractivity contribution in [2.24, 2.45) is 0 Å². The Hall–Kier alpha value is -4.91. The van der Waals surface area contributed by atoms with Crippen molar-refractivity contribution < 1.29 is 24.2 Å². The number of ether oxygens (including phenoxy) is 2. The Kier molecular flexibility index (Phi) is 7.92. The average molecular weight is 535 g/mol. The lowest BCUT2D eigenvalue weighted by atomic mass is 9.95. The number of hydrogen-bond acceptors (Lipinski definition) is 6. The average Bonchev–Trinajstić information content (AvgIpc) is 3.22. The van der Waals surface area contributed by atoms with E-state index in [0.717, 1.165) is 16.7 Å². The van der Waals surface area contributed by atoms with Gasteiger partial charge in [-0.15, -0.1) is 0 Å². The van der Waals surface area contributed by atoms with Gasteiger partial charge in [-0.2, -0.15) is 0 Å². The number of aromatic nitrogens is 1. The first-order chi connectivity index (χ1) is 19.4. The Morgan fingerprint density at radius 2 is 1.60 bits per heavy atom. The van der Waals surface area contributed by atoms with Gasteiger partial charge >= 0.3 is 0 Å². The van der Waals surface area contributed by atoms with Crippen LogP contribution in [-0.2, 0) is 22.7 Å². The molecule has 0 spiro atoms. The van der Waals surface area contributed by atoms with E-state index in [1.807, 2.05) is 50.2 Å². The highest BCUT2D eigenvalue weighted by molar-refractivity contribution is 6.46. The number of Topliss-reactive ketones (excluding diaryl/α,β-unsaturated/α-hetero) is 1. The van der Waals surface area contributed by atoms with Gasteiger partial charge in [0.2, 0.25) is 0 Å². The zero-order valence-electron chi connectivity index (χ0n) is 22.4. The topological polar surface area (TPSA) is 89.0 Å². The Labute approximate surface area is 233 Å². The fourth-order valence-electron chi connectivity index (χ4n) is 4.82. The van der Waals surface area contributed by atoms with Gasteiger partial charge in [-0.3, -0.25) is 14.6 Å². The molecule has 7 nitrogen and oxygen atoms in total. The molecule has 1 aliphatic heterocycles. The molecule has 0 bridgehead atoms. The molecule has 2 heterocycles. The number of carbonyl (C=O) groups is 2. The quantitative estimate of drug-likeness (QED) is 0.161. The van der Waals surface area contributed by atoms with Crippen molar-refractivity contribution in [1.82, 2.24) is 9.88 Å². The van der Waals surface area contributed by atoms with Crippen molar-refractivity contribution in [3.8, 4) is 11.5 Å². The highest BCUT2D eigenvalue weighted by Gasteiger charge is 2.46. The molecular weight excluding hydrogens is 504 g/mol. The summed E-state index contributed by atoms with van der Waals surface area (Å²) in [4.78, 5) is 32.2. The lowest BCUT2D eigenvalue weighted by Gasteiger charge is -2.25. The van der Waals surface area contributed by atoms with Crippen molar-refractivity contribution in [3.05, 3.63) is 131 Å². The lowest BCUT2D eigenvalue weighted by Crippen LogP contribution is -2.29. The van der Waals surface area contributed by atoms with E-state index in [-0.39, 0.29) is 17.9 Å². The van der Waals surface area contributed by atoms with Crippen LogP contribution in [0, 0.1) is 6.92 Å². The fraction of sp³-hybridized carbons (Fsp3) is 0.182. The SMILES string of the molecule is CCOc1ccc([C@H]2/C(=C(\O)c3ccc(OCc4cccc(C)c4)cc3)C(=O)C(=O)N2Cc2cccnc2)cc1. The highest BCUT2D eigenvalue weighted by atomic mass is 16.5. The molecule has 1 amide bonds. The van der Waals surface area contributed by atoms with Crippen LogP contribution in [0.1, 0.15) is 40.8 Å². The first-order valence-electron chi connectivity index (χ1n) is 13.1. The monoisotopic (exact) mass is 534 g/mol. The van der Waals surface area contributed by atoms with Crippen molar-refractivity contribution in [2.45, 2.75) is 33.0 Å². The number of benzene rings is 3. The van der Waals surface area contributed by atoms with Gasteiger partial charge in [0.05, 0.1) is 18.2 Å². The summed E-state index contributed by atoms with van der Waals surface area (Å²) in [7, 11) is 0. The molecule has 5 rings (SSSR count). The van der Waals surface area contributed by atoms with E-state index in [2.05, 4.69) is 11.1 Å². The van der Waals surface area contributed by atoms with E-state index in [1.165, 1.54) is 4.90 Å². The van der Waals surface area contributed by atoms with Gasteiger partial charge in [0.15, 0.2) is 0 Å². The zero-order valence-corrected chi connectivity index (χ0v) is 22.4. The van der Waals surface area contributed by atoms with Gasteiger partial charge in [0, 0.05) is 24.5 Å². The van der Waals surface area contributed by atoms with E-state index in [1.54, 1.807) is 54.9 Å². The van der Waals surface area contributed by atoms with Crippen LogP contribution in [0.3, 0.4) is 0 Å². The van der Waals surface area contributed by atoms with E-state index in [0.29, 0.717) is 35.8 Å². The number of rotatable bonds is 9. The first-order valence-corrected chi connectivity index (χ1v) is 13.1. The summed E-state index contributed by atoms with van der Waals surface area (Å²) < 4.78 is 11.5. The molecule has 0 unspecified atom stereocenters. The third-order valence-electron chi connectivity index (χ3n) is 6.74. The van der Waals surface area contributed by atoms with Crippen LogP contribution in [0.5, 0.6) is 11.5 Å². The number of amides is 1. The summed E-state index contributed by atoms with van der Waals surface area (Å²) in [6.07, 6.45) is 3.31. The summed E-state index contributed by atoms with van der Waals surface area (Å²) in [5.74, 6) is -0.353. The van der Waals surface area contributed by atoms with Gasteiger partial charge in [0.1, 0.15) is 23.9 Å². The van der Waals surface area contributed by atoms with E-state index in [9.17, 15) is 14.7 Å². The second-order valence-corrected chi connectivity index (χ2v) is 9.59. The molecule has 0 aliphatic carbocycles. The van der Waals surface area contributed by atoms with Crippen LogP contribution < -0.4 is 9.47 Å². The van der Waals surface area contributed by atoms with E-state index < -0.39 is 17.7 Å². The third kappa shape index (κ3) is 5.73. The smallest absolute Gasteiger partial charge is 0.295 e. The maximum atomic E-state index is 13.4. The van der Waals surface area contributed by atoms with Crippen LogP contribution in [0.4, 0.5) is 0 Å². The van der Waals surface area contributed by atoms with Crippen LogP contribution in [0.2, 0.25) is 0 Å². The minimum Gasteiger partial charge on any atom is -0.507 e. The maximum absolute atomic E-state index is 13.4. The molecule has 1 fully saturated rings. The van der Waals surface area contributed by atoms with E-state index >= 15 is 0 Å². The van der Waals surface area contributed by atoms with Gasteiger partial charge in [0.25, 0.3) is 11.7 Å². The van der Waals surface area contributed by atoms with Crippen molar-refractivity contribution in [1.29, 1.82) is 0 Å². The Bertz CT molecular complexity index is 1530.